The number of amides is 2. The Bertz CT molecular complexity index is 925. The number of carbonyl (C=O) groups excluding carboxylic acids is 1. The van der Waals surface area contributed by atoms with Crippen molar-refractivity contribution in [2.75, 3.05) is 32.1 Å². The number of rotatable bonds is 5. The second-order valence-electron chi connectivity index (χ2n) is 6.69. The minimum Gasteiger partial charge on any atom is -0.383 e. The van der Waals surface area contributed by atoms with Crippen LogP contribution < -0.4 is 5.32 Å². The fourth-order valence-electron chi connectivity index (χ4n) is 3.57. The molecule has 0 bridgehead atoms. The van der Waals surface area contributed by atoms with E-state index in [1.54, 1.807) is 13.3 Å². The average molecular weight is 365 g/mol. The summed E-state index contributed by atoms with van der Waals surface area (Å²) in [5, 5.41) is 2.96. The minimum atomic E-state index is -0.0682. The number of carbonyl (C=O) groups is 1. The zero-order chi connectivity index (χ0) is 18.6. The number of nitrogens with one attached hydrogen (secondary N) is 1. The fourth-order valence-corrected chi connectivity index (χ4v) is 3.57. The highest BCUT2D eigenvalue weighted by Gasteiger charge is 2.31. The van der Waals surface area contributed by atoms with Crippen molar-refractivity contribution in [3.05, 3.63) is 54.5 Å². The number of hydrogen-bond donors (Lipinski definition) is 1. The maximum atomic E-state index is 12.6. The van der Waals surface area contributed by atoms with Crippen LogP contribution in [0.5, 0.6) is 0 Å². The Balaban J connectivity index is 1.52. The van der Waals surface area contributed by atoms with E-state index in [1.807, 2.05) is 47.4 Å². The van der Waals surface area contributed by atoms with E-state index in [9.17, 15) is 4.79 Å². The number of imidazole rings is 1. The molecule has 2 amide bonds. The molecule has 27 heavy (non-hydrogen) atoms. The van der Waals surface area contributed by atoms with Gasteiger partial charge in [0.2, 0.25) is 0 Å². The van der Waals surface area contributed by atoms with Crippen molar-refractivity contribution in [3.63, 3.8) is 0 Å². The van der Waals surface area contributed by atoms with Crippen LogP contribution in [0.3, 0.4) is 0 Å². The highest BCUT2D eigenvalue weighted by molar-refractivity contribution is 5.89. The summed E-state index contributed by atoms with van der Waals surface area (Å²) in [7, 11) is 1.69. The number of benzene rings is 1. The number of fused-ring (bicyclic) bond motifs is 1. The molecule has 0 radical (unpaired) electrons. The van der Waals surface area contributed by atoms with Gasteiger partial charge in [0.1, 0.15) is 11.3 Å². The lowest BCUT2D eigenvalue weighted by molar-refractivity contribution is 0.186. The van der Waals surface area contributed by atoms with Crippen molar-refractivity contribution in [1.82, 2.24) is 19.4 Å². The Hall–Kier alpha value is -2.93. The first kappa shape index (κ1) is 17.5. The van der Waals surface area contributed by atoms with E-state index < -0.39 is 0 Å². The van der Waals surface area contributed by atoms with Crippen LogP contribution in [-0.2, 0) is 11.3 Å². The molecule has 1 aliphatic rings. The smallest absolute Gasteiger partial charge is 0.321 e. The number of pyridine rings is 1. The molecule has 3 heterocycles. The van der Waals surface area contributed by atoms with Gasteiger partial charge in [-0.2, -0.15) is 0 Å². The number of urea groups is 1. The van der Waals surface area contributed by atoms with Crippen LogP contribution in [0.25, 0.3) is 11.2 Å². The van der Waals surface area contributed by atoms with Crippen LogP contribution in [0, 0.1) is 0 Å². The van der Waals surface area contributed by atoms with E-state index >= 15 is 0 Å². The predicted octanol–water partition coefficient (Wildman–Crippen LogP) is 3.10. The SMILES string of the molecule is COCCn1c(C2CCN(C(=O)Nc3ccccc3)C2)nc2cccnc21. The predicted molar refractivity (Wildman–Crippen MR) is 104 cm³/mol. The highest BCUT2D eigenvalue weighted by Crippen LogP contribution is 2.29. The number of aromatic nitrogens is 3. The summed E-state index contributed by atoms with van der Waals surface area (Å²) in [5.41, 5.74) is 2.56. The van der Waals surface area contributed by atoms with Crippen molar-refractivity contribution in [2.45, 2.75) is 18.9 Å². The van der Waals surface area contributed by atoms with Gasteiger partial charge >= 0.3 is 6.03 Å². The minimum absolute atomic E-state index is 0.0682. The lowest BCUT2D eigenvalue weighted by Gasteiger charge is -2.18. The molecule has 0 aliphatic carbocycles. The quantitative estimate of drug-likeness (QED) is 0.754. The molecule has 1 atom stereocenters. The molecule has 1 N–H and O–H groups in total. The summed E-state index contributed by atoms with van der Waals surface area (Å²) in [6.07, 6.45) is 2.67. The van der Waals surface area contributed by atoms with E-state index in [1.165, 1.54) is 0 Å². The number of hydrogen-bond acceptors (Lipinski definition) is 4. The molecule has 3 aromatic rings. The van der Waals surface area contributed by atoms with Crippen molar-refractivity contribution in [2.24, 2.45) is 0 Å². The van der Waals surface area contributed by atoms with Crippen molar-refractivity contribution in [1.29, 1.82) is 0 Å². The molecule has 7 heteroatoms. The van der Waals surface area contributed by atoms with Crippen molar-refractivity contribution in [3.8, 4) is 0 Å². The highest BCUT2D eigenvalue weighted by atomic mass is 16.5. The second-order valence-corrected chi connectivity index (χ2v) is 6.69. The second kappa shape index (κ2) is 7.75. The fraction of sp³-hybridized carbons (Fsp3) is 0.350. The molecule has 0 spiro atoms. The van der Waals surface area contributed by atoms with Gasteiger partial charge in [-0.1, -0.05) is 18.2 Å². The zero-order valence-electron chi connectivity index (χ0n) is 15.3. The van der Waals surface area contributed by atoms with E-state index in [0.29, 0.717) is 26.2 Å². The third kappa shape index (κ3) is 3.64. The maximum absolute atomic E-state index is 12.6. The summed E-state index contributed by atoms with van der Waals surface area (Å²) >= 11 is 0. The van der Waals surface area contributed by atoms with Crippen LogP contribution in [0.1, 0.15) is 18.2 Å². The van der Waals surface area contributed by atoms with Gasteiger partial charge in [0.05, 0.1) is 6.61 Å². The molecule has 1 unspecified atom stereocenters. The molecular formula is C20H23N5O2. The first-order valence-corrected chi connectivity index (χ1v) is 9.17. The Kier molecular flexibility index (Phi) is 5.02. The van der Waals surface area contributed by atoms with Gasteiger partial charge < -0.3 is 19.5 Å². The molecule has 2 aromatic heterocycles. The first-order valence-electron chi connectivity index (χ1n) is 9.17. The third-order valence-corrected chi connectivity index (χ3v) is 4.92. The topological polar surface area (TPSA) is 72.3 Å². The van der Waals surface area contributed by atoms with Crippen LogP contribution in [-0.4, -0.2) is 52.3 Å². The summed E-state index contributed by atoms with van der Waals surface area (Å²) in [5.74, 6) is 1.17. The number of anilines is 1. The van der Waals surface area contributed by atoms with Crippen LogP contribution >= 0.6 is 0 Å². The average Bonchev–Trinajstić information content (AvgIpc) is 3.32. The number of likely N-dealkylation sites (tertiary alicyclic amines) is 1. The van der Waals surface area contributed by atoms with E-state index in [0.717, 1.165) is 29.1 Å². The van der Waals surface area contributed by atoms with Gasteiger partial charge in [-0.25, -0.2) is 14.8 Å². The van der Waals surface area contributed by atoms with E-state index in [2.05, 4.69) is 14.9 Å². The van der Waals surface area contributed by atoms with Gasteiger partial charge in [0.15, 0.2) is 5.65 Å². The number of nitrogens with zero attached hydrogens (tertiary/aromatic N) is 4. The Morgan fingerprint density at radius 3 is 2.93 bits per heavy atom. The van der Waals surface area contributed by atoms with Gasteiger partial charge in [-0.05, 0) is 30.7 Å². The summed E-state index contributed by atoms with van der Waals surface area (Å²) in [6.45, 7) is 2.66. The van der Waals surface area contributed by atoms with Crippen LogP contribution in [0.2, 0.25) is 0 Å². The maximum Gasteiger partial charge on any atom is 0.321 e. The van der Waals surface area contributed by atoms with Gasteiger partial charge in [0, 0.05) is 44.5 Å². The molecule has 1 fully saturated rings. The molecule has 1 saturated heterocycles. The molecule has 4 rings (SSSR count). The molecular weight excluding hydrogens is 342 g/mol. The molecule has 140 valence electrons. The summed E-state index contributed by atoms with van der Waals surface area (Å²) < 4.78 is 7.38. The Morgan fingerprint density at radius 1 is 1.26 bits per heavy atom. The Morgan fingerprint density at radius 2 is 2.11 bits per heavy atom. The lowest BCUT2D eigenvalue weighted by Crippen LogP contribution is -2.33. The third-order valence-electron chi connectivity index (χ3n) is 4.92. The summed E-state index contributed by atoms with van der Waals surface area (Å²) in [6, 6.07) is 13.3. The normalized spacial score (nSPS) is 16.8. The van der Waals surface area contributed by atoms with Crippen molar-refractivity contribution >= 4 is 22.9 Å². The number of methoxy groups -OCH3 is 1. The molecule has 0 saturated carbocycles. The monoisotopic (exact) mass is 365 g/mol. The Labute approximate surface area is 158 Å². The largest absolute Gasteiger partial charge is 0.383 e. The van der Waals surface area contributed by atoms with E-state index in [4.69, 9.17) is 9.72 Å². The number of para-hydroxylation sites is 1. The lowest BCUT2D eigenvalue weighted by atomic mass is 10.1. The molecule has 1 aliphatic heterocycles. The van der Waals surface area contributed by atoms with Gasteiger partial charge in [0.25, 0.3) is 0 Å². The molecule has 7 nitrogen and oxygen atoms in total. The van der Waals surface area contributed by atoms with E-state index in [-0.39, 0.29) is 11.9 Å². The van der Waals surface area contributed by atoms with Gasteiger partial charge in [-0.3, -0.25) is 0 Å². The molecule has 1 aromatic carbocycles. The van der Waals surface area contributed by atoms with Gasteiger partial charge in [-0.15, -0.1) is 0 Å². The zero-order valence-corrected chi connectivity index (χ0v) is 15.3. The van der Waals surface area contributed by atoms with Crippen LogP contribution in [0.4, 0.5) is 10.5 Å². The summed E-state index contributed by atoms with van der Waals surface area (Å²) in [4.78, 5) is 23.7. The van der Waals surface area contributed by atoms with Crippen molar-refractivity contribution < 1.29 is 9.53 Å². The number of ether oxygens (including phenoxy) is 1. The first-order chi connectivity index (χ1) is 13.3. The van der Waals surface area contributed by atoms with Crippen LogP contribution in [0.15, 0.2) is 48.7 Å². The standard InChI is InChI=1S/C20H23N5O2/c1-27-13-12-25-18(23-17-8-5-10-21-19(17)25)15-9-11-24(14-15)20(26)22-16-6-3-2-4-7-16/h2-8,10,15H,9,11-14H2,1H3,(H,22,26).